The number of rotatable bonds is 6. The molecule has 0 aliphatic heterocycles. The van der Waals surface area contributed by atoms with Crippen molar-refractivity contribution in [2.24, 2.45) is 5.73 Å². The van der Waals surface area contributed by atoms with Gasteiger partial charge in [0, 0.05) is 25.6 Å². The van der Waals surface area contributed by atoms with Crippen molar-refractivity contribution in [3.63, 3.8) is 0 Å². The molecule has 0 aromatic carbocycles. The Hall–Kier alpha value is -0.500. The average Bonchev–Trinajstić information content (AvgIpc) is 2.59. The molecule has 0 saturated carbocycles. The zero-order valence-corrected chi connectivity index (χ0v) is 9.98. The van der Waals surface area contributed by atoms with Gasteiger partial charge in [0.1, 0.15) is 0 Å². The fraction of sp³-hybridized carbons (Fsp3) is 0.625. The van der Waals surface area contributed by atoms with Crippen molar-refractivity contribution in [3.05, 3.63) is 11.9 Å². The van der Waals surface area contributed by atoms with E-state index in [2.05, 4.69) is 10.3 Å². The molecule has 0 amide bonds. The second-order valence-corrected chi connectivity index (χ2v) is 4.17. The van der Waals surface area contributed by atoms with Crippen LogP contribution in [0.15, 0.2) is 6.20 Å². The average molecular weight is 308 g/mol. The van der Waals surface area contributed by atoms with Crippen LogP contribution in [-0.2, 0) is 17.8 Å². The second-order valence-electron chi connectivity index (χ2n) is 2.97. The van der Waals surface area contributed by atoms with Gasteiger partial charge in [-0.05, 0) is 35.6 Å². The first-order valence-corrected chi connectivity index (χ1v) is 5.57. The van der Waals surface area contributed by atoms with Crippen molar-refractivity contribution in [2.45, 2.75) is 25.8 Å². The molecule has 6 heteroatoms. The van der Waals surface area contributed by atoms with E-state index >= 15 is 0 Å². The summed E-state index contributed by atoms with van der Waals surface area (Å²) in [6.07, 6.45) is 3.96. The van der Waals surface area contributed by atoms with Crippen molar-refractivity contribution in [3.8, 4) is 0 Å². The number of aryl methyl sites for hydroxylation is 2. The van der Waals surface area contributed by atoms with Crippen molar-refractivity contribution >= 4 is 26.4 Å². The summed E-state index contributed by atoms with van der Waals surface area (Å²) < 4.78 is 1.92. The molecule has 2 N–H and O–H groups in total. The van der Waals surface area contributed by atoms with Gasteiger partial charge >= 0.3 is 0 Å². The number of hydrogen-bond acceptors (Lipinski definition) is 4. The number of carbonyl (C=O) groups is 1. The van der Waals surface area contributed by atoms with E-state index in [1.54, 1.807) is 27.3 Å². The summed E-state index contributed by atoms with van der Waals surface area (Å²) >= 11 is 1.79. The molecule has 1 aromatic heterocycles. The van der Waals surface area contributed by atoms with E-state index in [-0.39, 0.29) is 3.79 Å². The Morgan fingerprint density at radius 1 is 1.64 bits per heavy atom. The lowest BCUT2D eigenvalue weighted by Crippen LogP contribution is -2.06. The van der Waals surface area contributed by atoms with Gasteiger partial charge in [-0.3, -0.25) is 9.48 Å². The lowest BCUT2D eigenvalue weighted by Gasteiger charge is -1.95. The van der Waals surface area contributed by atoms with Crippen LogP contribution in [-0.4, -0.2) is 25.3 Å². The zero-order valence-electron chi connectivity index (χ0n) is 7.82. The minimum absolute atomic E-state index is 0.152. The largest absolute Gasteiger partial charge is 0.330 e. The van der Waals surface area contributed by atoms with Crippen LogP contribution < -0.4 is 5.73 Å². The smallest absolute Gasteiger partial charge is 0.192 e. The molecule has 0 aliphatic carbocycles. The highest BCUT2D eigenvalue weighted by atomic mass is 127. The van der Waals surface area contributed by atoms with Crippen molar-refractivity contribution in [2.75, 3.05) is 6.54 Å². The van der Waals surface area contributed by atoms with E-state index in [4.69, 9.17) is 5.73 Å². The predicted molar refractivity (Wildman–Crippen MR) is 61.0 cm³/mol. The zero-order chi connectivity index (χ0) is 10.4. The molecule has 0 radical (unpaired) electrons. The number of halogens is 1. The first kappa shape index (κ1) is 11.6. The van der Waals surface area contributed by atoms with Crippen LogP contribution >= 0.6 is 22.6 Å². The monoisotopic (exact) mass is 308 g/mol. The summed E-state index contributed by atoms with van der Waals surface area (Å²) in [6.45, 7) is 1.45. The van der Waals surface area contributed by atoms with Gasteiger partial charge in [0.05, 0.1) is 5.69 Å². The molecule has 5 nitrogen and oxygen atoms in total. The summed E-state index contributed by atoms with van der Waals surface area (Å²) in [5.74, 6) is 0. The van der Waals surface area contributed by atoms with Crippen molar-refractivity contribution in [1.82, 2.24) is 15.0 Å². The molecule has 0 unspecified atom stereocenters. The quantitative estimate of drug-likeness (QED) is 0.614. The van der Waals surface area contributed by atoms with Gasteiger partial charge < -0.3 is 5.73 Å². The highest BCUT2D eigenvalue weighted by Crippen LogP contribution is 2.02. The fourth-order valence-corrected chi connectivity index (χ4v) is 1.31. The normalized spacial score (nSPS) is 10.4. The van der Waals surface area contributed by atoms with Crippen LogP contribution in [0.1, 0.15) is 18.5 Å². The van der Waals surface area contributed by atoms with Crippen LogP contribution in [0.25, 0.3) is 0 Å². The lowest BCUT2D eigenvalue weighted by molar-refractivity contribution is -0.109. The highest BCUT2D eigenvalue weighted by Gasteiger charge is 2.02. The summed E-state index contributed by atoms with van der Waals surface area (Å²) in [5, 5.41) is 7.89. The van der Waals surface area contributed by atoms with E-state index < -0.39 is 0 Å². The molecule has 0 bridgehead atoms. The Kier molecular flexibility index (Phi) is 5.02. The molecule has 0 saturated heterocycles. The Balaban J connectivity index is 2.38. The maximum Gasteiger partial charge on any atom is 0.192 e. The second kappa shape index (κ2) is 6.07. The van der Waals surface area contributed by atoms with Gasteiger partial charge in [0.25, 0.3) is 0 Å². The Morgan fingerprint density at radius 2 is 2.43 bits per heavy atom. The van der Waals surface area contributed by atoms with Gasteiger partial charge in [0.15, 0.2) is 3.79 Å². The van der Waals surface area contributed by atoms with Crippen LogP contribution in [0.5, 0.6) is 0 Å². The van der Waals surface area contributed by atoms with Gasteiger partial charge in [-0.2, -0.15) is 0 Å². The number of aromatic nitrogens is 3. The molecular weight excluding hydrogens is 295 g/mol. The first-order chi connectivity index (χ1) is 6.72. The van der Waals surface area contributed by atoms with E-state index in [1.165, 1.54) is 0 Å². The number of hydrogen-bond donors (Lipinski definition) is 1. The molecule has 0 aliphatic rings. The Morgan fingerprint density at radius 3 is 3.07 bits per heavy atom. The third-order valence-electron chi connectivity index (χ3n) is 1.76. The Labute approximate surface area is 96.2 Å². The third-order valence-corrected chi connectivity index (χ3v) is 2.29. The molecule has 1 heterocycles. The van der Waals surface area contributed by atoms with Crippen molar-refractivity contribution in [1.29, 1.82) is 0 Å². The van der Waals surface area contributed by atoms with Gasteiger partial charge in [0.2, 0.25) is 0 Å². The van der Waals surface area contributed by atoms with E-state index in [0.717, 1.165) is 18.7 Å². The van der Waals surface area contributed by atoms with Crippen molar-refractivity contribution < 1.29 is 4.79 Å². The summed E-state index contributed by atoms with van der Waals surface area (Å²) in [4.78, 5) is 10.7. The number of nitrogens with zero attached hydrogens (tertiary/aromatic N) is 3. The lowest BCUT2D eigenvalue weighted by atomic mass is 10.3. The van der Waals surface area contributed by atoms with Crippen LogP contribution in [0.4, 0.5) is 0 Å². The first-order valence-electron chi connectivity index (χ1n) is 4.50. The molecule has 78 valence electrons. The van der Waals surface area contributed by atoms with Crippen LogP contribution in [0.2, 0.25) is 0 Å². The summed E-state index contributed by atoms with van der Waals surface area (Å²) in [6, 6.07) is 0. The molecular formula is C8H13IN4O. The van der Waals surface area contributed by atoms with Crippen LogP contribution in [0.3, 0.4) is 0 Å². The maximum atomic E-state index is 10.7. The van der Waals surface area contributed by atoms with E-state index in [1.807, 2.05) is 6.20 Å². The van der Waals surface area contributed by atoms with Gasteiger partial charge in [-0.25, -0.2) is 0 Å². The maximum absolute atomic E-state index is 10.7. The van der Waals surface area contributed by atoms with E-state index in [0.29, 0.717) is 19.4 Å². The minimum atomic E-state index is 0.152. The topological polar surface area (TPSA) is 73.8 Å². The molecule has 0 fully saturated rings. The molecule has 0 atom stereocenters. The summed E-state index contributed by atoms with van der Waals surface area (Å²) in [7, 11) is 0. The minimum Gasteiger partial charge on any atom is -0.330 e. The standard InChI is InChI=1S/C8H13IN4O/c9-8(14)3-2-7-6-13(12-11-7)5-1-4-10/h6H,1-5,10H2. The van der Waals surface area contributed by atoms with Gasteiger partial charge in [-0.15, -0.1) is 5.10 Å². The fourth-order valence-electron chi connectivity index (χ4n) is 1.04. The molecule has 0 spiro atoms. The van der Waals surface area contributed by atoms with Gasteiger partial charge in [-0.1, -0.05) is 5.21 Å². The van der Waals surface area contributed by atoms with E-state index in [9.17, 15) is 4.79 Å². The molecule has 14 heavy (non-hydrogen) atoms. The SMILES string of the molecule is NCCCn1cc(CCC(=O)I)nn1. The Bertz CT molecular complexity index is 299. The number of carbonyl (C=O) groups excluding carboxylic acids is 1. The third kappa shape index (κ3) is 4.14. The summed E-state index contributed by atoms with van der Waals surface area (Å²) in [5.41, 5.74) is 6.24. The molecule has 1 rings (SSSR count). The van der Waals surface area contributed by atoms with Crippen LogP contribution in [0, 0.1) is 0 Å². The predicted octanol–water partition coefficient (Wildman–Crippen LogP) is 0.521. The highest BCUT2D eigenvalue weighted by molar-refractivity contribution is 14.1. The number of nitrogens with two attached hydrogens (primary N) is 1. The molecule has 1 aromatic rings.